The average Bonchev–Trinajstić information content (AvgIpc) is 2.01. The summed E-state index contributed by atoms with van der Waals surface area (Å²) >= 11 is 0. The Balaban J connectivity index is 3.10. The molecule has 1 aromatic rings. The molecule has 0 heterocycles. The van der Waals surface area contributed by atoms with Crippen molar-refractivity contribution in [3.05, 3.63) is 24.3 Å². The summed E-state index contributed by atoms with van der Waals surface area (Å²) < 4.78 is 41.5. The lowest BCUT2D eigenvalue weighted by Gasteiger charge is -2.18. The van der Waals surface area contributed by atoms with E-state index in [1.165, 1.54) is 12.1 Å². The molecule has 0 bridgehead atoms. The second kappa shape index (κ2) is 3.73. The fourth-order valence-electron chi connectivity index (χ4n) is 0.999. The number of hydrogen-bond acceptors (Lipinski definition) is 2. The summed E-state index contributed by atoms with van der Waals surface area (Å²) in [4.78, 5) is 10.5. The Morgan fingerprint density at radius 1 is 1.29 bits per heavy atom. The number of benzene rings is 1. The first kappa shape index (κ1) is 10.6. The van der Waals surface area contributed by atoms with E-state index < -0.39 is 24.2 Å². The zero-order chi connectivity index (χ0) is 10.8. The minimum atomic E-state index is -5.14. The lowest BCUT2D eigenvalue weighted by molar-refractivity contribution is -0.131. The van der Waals surface area contributed by atoms with Crippen molar-refractivity contribution in [3.8, 4) is 5.75 Å². The molecule has 0 aliphatic rings. The average molecular weight is 203 g/mol. The highest BCUT2D eigenvalue weighted by Crippen LogP contribution is 2.17. The molecule has 0 fully saturated rings. The van der Waals surface area contributed by atoms with E-state index >= 15 is 0 Å². The van der Waals surface area contributed by atoms with Gasteiger partial charge >= 0.3 is 12.9 Å². The summed E-state index contributed by atoms with van der Waals surface area (Å²) in [6, 6.07) is 4.63. The minimum absolute atomic E-state index is 0.437. The maximum atomic E-state index is 12.4. The molecular weight excluding hydrogens is 196 g/mol. The maximum Gasteiger partial charge on any atom is 0.513 e. The van der Waals surface area contributed by atoms with Crippen LogP contribution in [0.25, 0.3) is 0 Å². The molecular formula is C8H7BF3O2-. The number of esters is 1. The molecule has 0 aliphatic carbocycles. The van der Waals surface area contributed by atoms with Gasteiger partial charge in [0.05, 0.1) is 0 Å². The molecule has 0 amide bonds. The number of halogens is 3. The van der Waals surface area contributed by atoms with Crippen molar-refractivity contribution < 1.29 is 22.5 Å². The van der Waals surface area contributed by atoms with Crippen LogP contribution in [-0.2, 0) is 4.79 Å². The molecule has 14 heavy (non-hydrogen) atoms. The normalized spacial score (nSPS) is 11.1. The third-order valence-electron chi connectivity index (χ3n) is 1.53. The SMILES string of the molecule is CC(=O)Oc1ccccc1[B-](F)(F)F. The molecule has 0 radical (unpaired) electrons. The van der Waals surface area contributed by atoms with Crippen LogP contribution in [0.1, 0.15) is 6.92 Å². The second-order valence-electron chi connectivity index (χ2n) is 2.71. The standard InChI is InChI=1S/C8H7BF3O2/c1-6(13)14-8-5-3-2-4-7(8)9(10,11)12/h2-5H,1H3/q-1. The van der Waals surface area contributed by atoms with Gasteiger partial charge in [-0.1, -0.05) is 23.7 Å². The van der Waals surface area contributed by atoms with Crippen LogP contribution in [0.3, 0.4) is 0 Å². The quantitative estimate of drug-likeness (QED) is 0.415. The van der Waals surface area contributed by atoms with Crippen LogP contribution in [0.2, 0.25) is 0 Å². The maximum absolute atomic E-state index is 12.4. The first-order chi connectivity index (χ1) is 6.41. The van der Waals surface area contributed by atoms with Gasteiger partial charge in [0.15, 0.2) is 0 Å². The van der Waals surface area contributed by atoms with E-state index in [9.17, 15) is 17.7 Å². The smallest absolute Gasteiger partial charge is 0.445 e. The predicted octanol–water partition coefficient (Wildman–Crippen LogP) is 1.67. The Hall–Kier alpha value is -1.46. The number of carbonyl (C=O) groups excluding carboxylic acids is 1. The summed E-state index contributed by atoms with van der Waals surface area (Å²) in [6.45, 7) is -4.09. The summed E-state index contributed by atoms with van der Waals surface area (Å²) in [5.41, 5.74) is -0.886. The van der Waals surface area contributed by atoms with Gasteiger partial charge in [0.1, 0.15) is 5.75 Å². The molecule has 6 heteroatoms. The highest BCUT2D eigenvalue weighted by atomic mass is 19.4. The highest BCUT2D eigenvalue weighted by Gasteiger charge is 2.29. The van der Waals surface area contributed by atoms with Crippen molar-refractivity contribution in [2.45, 2.75) is 6.92 Å². The molecule has 0 N–H and O–H groups in total. The van der Waals surface area contributed by atoms with Crippen molar-refractivity contribution in [3.63, 3.8) is 0 Å². The zero-order valence-corrected chi connectivity index (χ0v) is 7.34. The van der Waals surface area contributed by atoms with Gasteiger partial charge in [0.25, 0.3) is 0 Å². The number of para-hydroxylation sites is 1. The van der Waals surface area contributed by atoms with Gasteiger partial charge in [-0.15, -0.1) is 0 Å². The van der Waals surface area contributed by atoms with Crippen LogP contribution < -0.4 is 10.2 Å². The number of carbonyl (C=O) groups is 1. The van der Waals surface area contributed by atoms with E-state index in [2.05, 4.69) is 4.74 Å². The molecule has 2 nitrogen and oxygen atoms in total. The molecule has 0 spiro atoms. The van der Waals surface area contributed by atoms with Crippen molar-refractivity contribution in [1.82, 2.24) is 0 Å². The predicted molar refractivity (Wildman–Crippen MR) is 46.5 cm³/mol. The largest absolute Gasteiger partial charge is 0.513 e. The third-order valence-corrected chi connectivity index (χ3v) is 1.53. The van der Waals surface area contributed by atoms with Crippen LogP contribution in [0.15, 0.2) is 24.3 Å². The van der Waals surface area contributed by atoms with Crippen molar-refractivity contribution in [1.29, 1.82) is 0 Å². The Labute approximate surface area is 78.7 Å². The highest BCUT2D eigenvalue weighted by molar-refractivity contribution is 6.74. The Morgan fingerprint density at radius 3 is 2.36 bits per heavy atom. The molecule has 0 aliphatic heterocycles. The topological polar surface area (TPSA) is 26.3 Å². The Kier molecular flexibility index (Phi) is 2.83. The number of hydrogen-bond donors (Lipinski definition) is 0. The van der Waals surface area contributed by atoms with Crippen LogP contribution in [0, 0.1) is 0 Å². The van der Waals surface area contributed by atoms with Gasteiger partial charge in [0.2, 0.25) is 0 Å². The van der Waals surface area contributed by atoms with E-state index in [1.54, 1.807) is 0 Å². The zero-order valence-electron chi connectivity index (χ0n) is 7.34. The molecule has 0 unspecified atom stereocenters. The van der Waals surface area contributed by atoms with Crippen molar-refractivity contribution in [2.75, 3.05) is 0 Å². The van der Waals surface area contributed by atoms with Crippen LogP contribution in [0.5, 0.6) is 5.75 Å². The lowest BCUT2D eigenvalue weighted by atomic mass is 9.79. The molecule has 0 atom stereocenters. The van der Waals surface area contributed by atoms with Gasteiger partial charge in [0, 0.05) is 6.92 Å². The summed E-state index contributed by atoms with van der Waals surface area (Å²) in [7, 11) is 0. The minimum Gasteiger partial charge on any atom is -0.445 e. The molecule has 0 saturated carbocycles. The van der Waals surface area contributed by atoms with Crippen molar-refractivity contribution in [2.24, 2.45) is 0 Å². The molecule has 76 valence electrons. The first-order valence-electron chi connectivity index (χ1n) is 3.88. The van der Waals surface area contributed by atoms with Gasteiger partial charge in [-0.05, 0) is 6.07 Å². The summed E-state index contributed by atoms with van der Waals surface area (Å²) in [5, 5.41) is 0. The van der Waals surface area contributed by atoms with E-state index in [0.717, 1.165) is 19.1 Å². The van der Waals surface area contributed by atoms with Crippen LogP contribution >= 0.6 is 0 Å². The van der Waals surface area contributed by atoms with Gasteiger partial charge in [-0.2, -0.15) is 0 Å². The summed E-state index contributed by atoms with van der Waals surface area (Å²) in [6.07, 6.45) is 0. The van der Waals surface area contributed by atoms with Crippen LogP contribution in [-0.4, -0.2) is 12.9 Å². The molecule has 0 saturated heterocycles. The number of ether oxygens (including phenoxy) is 1. The number of rotatable bonds is 2. The monoisotopic (exact) mass is 203 g/mol. The van der Waals surface area contributed by atoms with E-state index in [-0.39, 0.29) is 0 Å². The van der Waals surface area contributed by atoms with Crippen LogP contribution in [0.4, 0.5) is 12.9 Å². The van der Waals surface area contributed by atoms with E-state index in [4.69, 9.17) is 0 Å². The fraction of sp³-hybridized carbons (Fsp3) is 0.125. The van der Waals surface area contributed by atoms with Crippen molar-refractivity contribution >= 4 is 18.4 Å². The first-order valence-corrected chi connectivity index (χ1v) is 3.88. The van der Waals surface area contributed by atoms with Gasteiger partial charge < -0.3 is 17.7 Å². The third kappa shape index (κ3) is 2.51. The molecule has 0 aromatic heterocycles. The summed E-state index contributed by atoms with van der Waals surface area (Å²) in [5.74, 6) is -1.20. The van der Waals surface area contributed by atoms with E-state index in [0.29, 0.717) is 0 Å². The van der Waals surface area contributed by atoms with Gasteiger partial charge in [-0.25, -0.2) is 0 Å². The van der Waals surface area contributed by atoms with E-state index in [1.807, 2.05) is 0 Å². The second-order valence-corrected chi connectivity index (χ2v) is 2.71. The Morgan fingerprint density at radius 2 is 1.86 bits per heavy atom. The van der Waals surface area contributed by atoms with Gasteiger partial charge in [-0.3, -0.25) is 4.79 Å². The molecule has 1 aromatic carbocycles. The fourth-order valence-corrected chi connectivity index (χ4v) is 0.999. The lowest BCUT2D eigenvalue weighted by Crippen LogP contribution is -2.35. The Bertz CT molecular complexity index is 349. The molecule has 1 rings (SSSR count).